The highest BCUT2D eigenvalue weighted by atomic mass is 32.1. The third-order valence-electron chi connectivity index (χ3n) is 4.20. The lowest BCUT2D eigenvalue weighted by Gasteiger charge is -2.10. The molecule has 2 N–H and O–H groups in total. The molecule has 0 aliphatic rings. The zero-order valence-electron chi connectivity index (χ0n) is 14.4. The number of rotatable bonds is 5. The summed E-state index contributed by atoms with van der Waals surface area (Å²) in [6.07, 6.45) is 3.42. The van der Waals surface area contributed by atoms with Crippen molar-refractivity contribution >= 4 is 34.0 Å². The lowest BCUT2D eigenvalue weighted by Crippen LogP contribution is -2.14. The van der Waals surface area contributed by atoms with Gasteiger partial charge in [-0.3, -0.25) is 4.79 Å². The normalized spacial score (nSPS) is 11.0. The zero-order chi connectivity index (χ0) is 18.1. The molecule has 0 saturated carbocycles. The fourth-order valence-corrected chi connectivity index (χ4v) is 3.48. The number of carbonyl (C=O) groups is 1. The second-order valence-electron chi connectivity index (χ2n) is 6.06. The molecule has 1 aromatic carbocycles. The van der Waals surface area contributed by atoms with Crippen LogP contribution in [0.15, 0.2) is 42.7 Å². The third-order valence-corrected chi connectivity index (χ3v) is 5.06. The summed E-state index contributed by atoms with van der Waals surface area (Å²) >= 11 is 1.37. The number of Topliss-reactive ketones (excluding diaryl/α,β-unsaturated/α-hetero) is 1. The first kappa shape index (κ1) is 16.4. The quantitative estimate of drug-likeness (QED) is 0.524. The molecule has 0 saturated heterocycles. The van der Waals surface area contributed by atoms with Gasteiger partial charge in [-0.05, 0) is 49.1 Å². The minimum Gasteiger partial charge on any atom is -0.377 e. The maximum atomic E-state index is 12.6. The van der Waals surface area contributed by atoms with Gasteiger partial charge in [-0.15, -0.1) is 0 Å². The van der Waals surface area contributed by atoms with Crippen molar-refractivity contribution in [1.29, 1.82) is 0 Å². The first-order chi connectivity index (χ1) is 12.6. The van der Waals surface area contributed by atoms with E-state index in [4.69, 9.17) is 0 Å². The van der Waals surface area contributed by atoms with E-state index in [2.05, 4.69) is 24.6 Å². The van der Waals surface area contributed by atoms with Crippen LogP contribution in [-0.2, 0) is 0 Å². The van der Waals surface area contributed by atoms with E-state index in [0.717, 1.165) is 38.7 Å². The number of nitrogens with zero attached hydrogens (tertiary/aromatic N) is 3. The maximum Gasteiger partial charge on any atom is 0.184 e. The van der Waals surface area contributed by atoms with Gasteiger partial charge in [-0.2, -0.15) is 4.37 Å². The number of aromatic nitrogens is 4. The van der Waals surface area contributed by atoms with Crippen molar-refractivity contribution in [2.75, 3.05) is 11.9 Å². The number of pyridine rings is 1. The molecule has 0 amide bonds. The average Bonchev–Trinajstić information content (AvgIpc) is 3.27. The molecule has 0 fully saturated rings. The molecular weight excluding hydrogens is 346 g/mol. The molecule has 0 spiro atoms. The van der Waals surface area contributed by atoms with Crippen LogP contribution in [-0.4, -0.2) is 31.7 Å². The van der Waals surface area contributed by atoms with Crippen molar-refractivity contribution in [3.8, 4) is 10.6 Å². The average molecular weight is 363 g/mol. The second-order valence-corrected chi connectivity index (χ2v) is 6.81. The summed E-state index contributed by atoms with van der Waals surface area (Å²) in [5.41, 5.74) is 4.35. The van der Waals surface area contributed by atoms with E-state index in [0.29, 0.717) is 5.56 Å². The number of ketones is 1. The van der Waals surface area contributed by atoms with E-state index in [1.807, 2.05) is 44.2 Å². The fourth-order valence-electron chi connectivity index (χ4n) is 2.82. The monoisotopic (exact) mass is 363 g/mol. The predicted molar refractivity (Wildman–Crippen MR) is 104 cm³/mol. The van der Waals surface area contributed by atoms with Gasteiger partial charge < -0.3 is 10.3 Å². The van der Waals surface area contributed by atoms with Gasteiger partial charge >= 0.3 is 0 Å². The number of aryl methyl sites for hydroxylation is 2. The molecular formula is C19H17N5OS. The van der Waals surface area contributed by atoms with Crippen LogP contribution in [0.3, 0.4) is 0 Å². The van der Waals surface area contributed by atoms with Crippen LogP contribution in [0.4, 0.5) is 5.69 Å². The third kappa shape index (κ3) is 3.09. The highest BCUT2D eigenvalue weighted by Crippen LogP contribution is 2.27. The SMILES string of the molecule is Cc1nsc(-c2ccc(C)c(NCC(=O)c3c[nH]c4ncccc34)c2)n1. The Kier molecular flexibility index (Phi) is 4.22. The van der Waals surface area contributed by atoms with Crippen LogP contribution in [0, 0.1) is 13.8 Å². The van der Waals surface area contributed by atoms with E-state index < -0.39 is 0 Å². The lowest BCUT2D eigenvalue weighted by atomic mass is 10.1. The van der Waals surface area contributed by atoms with Crippen molar-refractivity contribution in [2.45, 2.75) is 13.8 Å². The summed E-state index contributed by atoms with van der Waals surface area (Å²) in [7, 11) is 0. The van der Waals surface area contributed by atoms with Crippen molar-refractivity contribution in [3.05, 3.63) is 59.7 Å². The van der Waals surface area contributed by atoms with E-state index in [1.165, 1.54) is 11.5 Å². The molecule has 0 radical (unpaired) electrons. The highest BCUT2D eigenvalue weighted by Gasteiger charge is 2.13. The summed E-state index contributed by atoms with van der Waals surface area (Å²) in [5, 5.41) is 4.97. The minimum atomic E-state index is 0.0146. The molecule has 0 atom stereocenters. The highest BCUT2D eigenvalue weighted by molar-refractivity contribution is 7.09. The molecule has 0 unspecified atom stereocenters. The molecule has 4 aromatic rings. The molecule has 3 heterocycles. The van der Waals surface area contributed by atoms with Crippen molar-refractivity contribution in [3.63, 3.8) is 0 Å². The Balaban J connectivity index is 1.55. The molecule has 6 nitrogen and oxygen atoms in total. The zero-order valence-corrected chi connectivity index (χ0v) is 15.2. The Morgan fingerprint density at radius 2 is 2.15 bits per heavy atom. The van der Waals surface area contributed by atoms with Gasteiger partial charge in [0.05, 0.1) is 6.54 Å². The number of carbonyl (C=O) groups excluding carboxylic acids is 1. The molecule has 0 bridgehead atoms. The van der Waals surface area contributed by atoms with Gasteiger partial charge in [0.15, 0.2) is 5.78 Å². The molecule has 4 rings (SSSR count). The van der Waals surface area contributed by atoms with E-state index in [1.54, 1.807) is 12.4 Å². The number of hydrogen-bond donors (Lipinski definition) is 2. The van der Waals surface area contributed by atoms with Crippen LogP contribution in [0.25, 0.3) is 21.6 Å². The number of hydrogen-bond acceptors (Lipinski definition) is 6. The van der Waals surface area contributed by atoms with Crippen LogP contribution in [0.1, 0.15) is 21.7 Å². The van der Waals surface area contributed by atoms with Crippen molar-refractivity contribution in [2.24, 2.45) is 0 Å². The summed E-state index contributed by atoms with van der Waals surface area (Å²) in [6.45, 7) is 4.10. The Labute approximate surface area is 154 Å². The molecule has 130 valence electrons. The minimum absolute atomic E-state index is 0.0146. The van der Waals surface area contributed by atoms with Gasteiger partial charge in [0, 0.05) is 34.6 Å². The molecule has 3 aromatic heterocycles. The number of fused-ring (bicyclic) bond motifs is 1. The van der Waals surface area contributed by atoms with Gasteiger partial charge in [-0.25, -0.2) is 9.97 Å². The first-order valence-electron chi connectivity index (χ1n) is 8.22. The summed E-state index contributed by atoms with van der Waals surface area (Å²) in [6, 6.07) is 9.79. The molecule has 0 aliphatic carbocycles. The predicted octanol–water partition coefficient (Wildman–Crippen LogP) is 3.99. The number of H-pyrrole nitrogens is 1. The maximum absolute atomic E-state index is 12.6. The van der Waals surface area contributed by atoms with Crippen LogP contribution in [0.5, 0.6) is 0 Å². The Bertz CT molecular complexity index is 1100. The van der Waals surface area contributed by atoms with Crippen molar-refractivity contribution in [1.82, 2.24) is 19.3 Å². The van der Waals surface area contributed by atoms with Gasteiger partial charge in [0.1, 0.15) is 16.5 Å². The fraction of sp³-hybridized carbons (Fsp3) is 0.158. The summed E-state index contributed by atoms with van der Waals surface area (Å²) < 4.78 is 4.23. The van der Waals surface area contributed by atoms with Crippen molar-refractivity contribution < 1.29 is 4.79 Å². The Morgan fingerprint density at radius 1 is 1.27 bits per heavy atom. The number of benzene rings is 1. The van der Waals surface area contributed by atoms with Gasteiger partial charge in [-0.1, -0.05) is 12.1 Å². The lowest BCUT2D eigenvalue weighted by molar-refractivity contribution is 0.101. The second kappa shape index (κ2) is 6.68. The number of anilines is 1. The molecule has 7 heteroatoms. The van der Waals surface area contributed by atoms with Crippen LogP contribution < -0.4 is 5.32 Å². The smallest absolute Gasteiger partial charge is 0.184 e. The van der Waals surface area contributed by atoms with E-state index in [9.17, 15) is 4.79 Å². The van der Waals surface area contributed by atoms with E-state index >= 15 is 0 Å². The summed E-state index contributed by atoms with van der Waals surface area (Å²) in [5.74, 6) is 0.782. The largest absolute Gasteiger partial charge is 0.377 e. The molecule has 26 heavy (non-hydrogen) atoms. The number of aromatic amines is 1. The molecule has 0 aliphatic heterocycles. The van der Waals surface area contributed by atoms with Crippen LogP contribution in [0.2, 0.25) is 0 Å². The summed E-state index contributed by atoms with van der Waals surface area (Å²) in [4.78, 5) is 24.3. The first-order valence-corrected chi connectivity index (χ1v) is 8.99. The number of nitrogens with one attached hydrogen (secondary N) is 2. The Hall–Kier alpha value is -3.06. The standard InChI is InChI=1S/C19H17N5OS/c1-11-5-6-13(19-23-12(2)24-26-19)8-16(11)21-10-17(25)15-9-22-18-14(15)4-3-7-20-18/h3-9,21H,10H2,1-2H3,(H,20,22). The van der Waals surface area contributed by atoms with E-state index in [-0.39, 0.29) is 12.3 Å². The van der Waals surface area contributed by atoms with Gasteiger partial charge in [0.25, 0.3) is 0 Å². The van der Waals surface area contributed by atoms with Gasteiger partial charge in [0.2, 0.25) is 0 Å². The van der Waals surface area contributed by atoms with Crippen LogP contribution >= 0.6 is 11.5 Å². The Morgan fingerprint density at radius 3 is 2.96 bits per heavy atom. The topological polar surface area (TPSA) is 83.6 Å².